The number of amides is 2. The molecule has 2 N–H and O–H groups in total. The monoisotopic (exact) mass is 492 g/mol. The highest BCUT2D eigenvalue weighted by Gasteiger charge is 2.31. The molecule has 2 aromatic carbocycles. The predicted octanol–water partition coefficient (Wildman–Crippen LogP) is 2.08. The van der Waals surface area contributed by atoms with Gasteiger partial charge in [-0.15, -0.1) is 0 Å². The Hall–Kier alpha value is -2.82. The molecule has 33 heavy (non-hydrogen) atoms. The van der Waals surface area contributed by atoms with E-state index in [4.69, 9.17) is 16.3 Å². The van der Waals surface area contributed by atoms with Crippen molar-refractivity contribution in [2.75, 3.05) is 43.4 Å². The summed E-state index contributed by atoms with van der Waals surface area (Å²) < 4.78 is 32.9. The third kappa shape index (κ3) is 4.92. The second-order valence-electron chi connectivity index (χ2n) is 7.87. The van der Waals surface area contributed by atoms with Crippen molar-refractivity contribution < 1.29 is 22.7 Å². The van der Waals surface area contributed by atoms with E-state index in [9.17, 15) is 18.0 Å². The quantitative estimate of drug-likeness (QED) is 0.639. The maximum Gasteiger partial charge on any atom is 0.262 e. The zero-order chi connectivity index (χ0) is 23.6. The summed E-state index contributed by atoms with van der Waals surface area (Å²) in [5.41, 5.74) is 0.899. The van der Waals surface area contributed by atoms with Gasteiger partial charge in [-0.2, -0.15) is 4.31 Å². The lowest BCUT2D eigenvalue weighted by molar-refractivity contribution is -0.127. The number of fused-ring (bicyclic) bond motifs is 1. The van der Waals surface area contributed by atoms with E-state index in [1.54, 1.807) is 23.1 Å². The van der Waals surface area contributed by atoms with Crippen LogP contribution >= 0.6 is 11.6 Å². The fourth-order valence-corrected chi connectivity index (χ4v) is 5.66. The largest absolute Gasteiger partial charge is 0.477 e. The second kappa shape index (κ2) is 9.58. The SMILES string of the molecule is CNC(=O)C1CN(CC(=O)Nc2cc(S(=O)(=O)N3CCCC3)ccc2Cl)c2ccccc2O1. The van der Waals surface area contributed by atoms with Gasteiger partial charge in [0.1, 0.15) is 5.75 Å². The lowest BCUT2D eigenvalue weighted by Crippen LogP contribution is -2.50. The Morgan fingerprint density at radius 1 is 1.15 bits per heavy atom. The predicted molar refractivity (Wildman–Crippen MR) is 125 cm³/mol. The molecule has 1 atom stereocenters. The minimum Gasteiger partial charge on any atom is -0.477 e. The highest BCUT2D eigenvalue weighted by atomic mass is 35.5. The number of carbonyl (C=O) groups excluding carboxylic acids is 2. The molecule has 1 unspecified atom stereocenters. The van der Waals surface area contributed by atoms with E-state index in [0.717, 1.165) is 12.8 Å². The van der Waals surface area contributed by atoms with E-state index < -0.39 is 22.0 Å². The molecule has 2 aliphatic heterocycles. The Bertz CT molecular complexity index is 1170. The van der Waals surface area contributed by atoms with Gasteiger partial charge in [0.2, 0.25) is 15.9 Å². The molecule has 2 amide bonds. The minimum absolute atomic E-state index is 0.0761. The molecule has 0 radical (unpaired) electrons. The fraction of sp³-hybridized carbons (Fsp3) is 0.364. The lowest BCUT2D eigenvalue weighted by Gasteiger charge is -2.35. The number of likely N-dealkylation sites (N-methyl/N-ethyl adjacent to an activating group) is 1. The van der Waals surface area contributed by atoms with Gasteiger partial charge in [0.15, 0.2) is 6.10 Å². The first-order valence-corrected chi connectivity index (χ1v) is 12.4. The normalized spacial score (nSPS) is 18.4. The minimum atomic E-state index is -3.65. The van der Waals surface area contributed by atoms with Crippen molar-refractivity contribution in [3.63, 3.8) is 0 Å². The van der Waals surface area contributed by atoms with Crippen LogP contribution in [0.15, 0.2) is 47.4 Å². The van der Waals surface area contributed by atoms with Gasteiger partial charge >= 0.3 is 0 Å². The summed E-state index contributed by atoms with van der Waals surface area (Å²) in [6, 6.07) is 11.4. The lowest BCUT2D eigenvalue weighted by atomic mass is 10.1. The van der Waals surface area contributed by atoms with Crippen molar-refractivity contribution in [3.8, 4) is 5.75 Å². The zero-order valence-electron chi connectivity index (χ0n) is 18.1. The Morgan fingerprint density at radius 3 is 2.61 bits per heavy atom. The van der Waals surface area contributed by atoms with Crippen molar-refractivity contribution in [1.82, 2.24) is 9.62 Å². The number of halogens is 1. The highest BCUT2D eigenvalue weighted by Crippen LogP contribution is 2.33. The first-order chi connectivity index (χ1) is 15.8. The van der Waals surface area contributed by atoms with Crippen LogP contribution in [0.2, 0.25) is 5.02 Å². The first kappa shape index (κ1) is 23.3. The molecule has 4 rings (SSSR count). The van der Waals surface area contributed by atoms with E-state index in [-0.39, 0.29) is 34.6 Å². The summed E-state index contributed by atoms with van der Waals surface area (Å²) in [6.45, 7) is 1.07. The van der Waals surface area contributed by atoms with Gasteiger partial charge in [-0.25, -0.2) is 8.42 Å². The average Bonchev–Trinajstić information content (AvgIpc) is 3.36. The maximum absolute atomic E-state index is 12.9. The topological polar surface area (TPSA) is 108 Å². The molecule has 0 aliphatic carbocycles. The highest BCUT2D eigenvalue weighted by molar-refractivity contribution is 7.89. The molecule has 176 valence electrons. The number of para-hydroxylation sites is 2. The number of hydrogen-bond acceptors (Lipinski definition) is 6. The van der Waals surface area contributed by atoms with Gasteiger partial charge in [-0.1, -0.05) is 23.7 Å². The number of hydrogen-bond donors (Lipinski definition) is 2. The smallest absolute Gasteiger partial charge is 0.262 e. The van der Waals surface area contributed by atoms with Gasteiger partial charge in [0, 0.05) is 20.1 Å². The molecule has 2 heterocycles. The third-order valence-corrected chi connectivity index (χ3v) is 7.87. The van der Waals surface area contributed by atoms with Crippen molar-refractivity contribution >= 4 is 44.8 Å². The van der Waals surface area contributed by atoms with Crippen LogP contribution in [0.3, 0.4) is 0 Å². The van der Waals surface area contributed by atoms with Gasteiger partial charge in [0.25, 0.3) is 5.91 Å². The zero-order valence-corrected chi connectivity index (χ0v) is 19.7. The summed E-state index contributed by atoms with van der Waals surface area (Å²) in [7, 11) is -2.13. The van der Waals surface area contributed by atoms with Crippen molar-refractivity contribution in [1.29, 1.82) is 0 Å². The molecule has 9 nitrogen and oxygen atoms in total. The van der Waals surface area contributed by atoms with Crippen molar-refractivity contribution in [3.05, 3.63) is 47.5 Å². The van der Waals surface area contributed by atoms with E-state index in [1.165, 1.54) is 29.6 Å². The molecule has 1 fully saturated rings. The Labute approximate surface area is 197 Å². The van der Waals surface area contributed by atoms with Crippen LogP contribution in [0.25, 0.3) is 0 Å². The Morgan fingerprint density at radius 2 is 1.88 bits per heavy atom. The van der Waals surface area contributed by atoms with Crippen molar-refractivity contribution in [2.45, 2.75) is 23.8 Å². The van der Waals surface area contributed by atoms with Gasteiger partial charge < -0.3 is 20.3 Å². The standard InChI is InChI=1S/C22H25ClN4O5S/c1-24-22(29)20-13-26(18-6-2-3-7-19(18)32-20)14-21(28)25-17-12-15(8-9-16(17)23)33(30,31)27-10-4-5-11-27/h2-3,6-9,12,20H,4-5,10-11,13-14H2,1H3,(H,24,29)(H,25,28). The van der Waals surface area contributed by atoms with Gasteiger partial charge in [-0.05, 0) is 43.2 Å². The number of benzene rings is 2. The molecule has 0 aromatic heterocycles. The third-order valence-electron chi connectivity index (χ3n) is 5.65. The van der Waals surface area contributed by atoms with Crippen LogP contribution in [0, 0.1) is 0 Å². The maximum atomic E-state index is 12.9. The van der Waals surface area contributed by atoms with Crippen LogP contribution < -0.4 is 20.3 Å². The van der Waals surface area contributed by atoms with Crippen LogP contribution in [0.5, 0.6) is 5.75 Å². The number of anilines is 2. The van der Waals surface area contributed by atoms with Crippen LogP contribution in [-0.2, 0) is 19.6 Å². The van der Waals surface area contributed by atoms with Crippen molar-refractivity contribution in [2.24, 2.45) is 0 Å². The molecule has 0 bridgehead atoms. The number of rotatable bonds is 6. The fourth-order valence-electron chi connectivity index (χ4n) is 3.96. The van der Waals surface area contributed by atoms with E-state index in [1.807, 2.05) is 6.07 Å². The molecular weight excluding hydrogens is 468 g/mol. The molecule has 1 saturated heterocycles. The van der Waals surface area contributed by atoms with Gasteiger partial charge in [-0.3, -0.25) is 9.59 Å². The Kier molecular flexibility index (Phi) is 6.78. The average molecular weight is 493 g/mol. The van der Waals surface area contributed by atoms with E-state index >= 15 is 0 Å². The molecule has 11 heteroatoms. The number of carbonyl (C=O) groups is 2. The molecule has 2 aromatic rings. The number of sulfonamides is 1. The van der Waals surface area contributed by atoms with E-state index in [2.05, 4.69) is 10.6 Å². The second-order valence-corrected chi connectivity index (χ2v) is 10.2. The molecule has 0 saturated carbocycles. The van der Waals surface area contributed by atoms with Crippen LogP contribution in [-0.4, -0.2) is 63.9 Å². The van der Waals surface area contributed by atoms with E-state index in [0.29, 0.717) is 24.5 Å². The molecule has 0 spiro atoms. The summed E-state index contributed by atoms with van der Waals surface area (Å²) in [5.74, 6) is -0.195. The number of nitrogens with zero attached hydrogens (tertiary/aromatic N) is 2. The van der Waals surface area contributed by atoms with Crippen LogP contribution in [0.1, 0.15) is 12.8 Å². The summed E-state index contributed by atoms with van der Waals surface area (Å²) in [5, 5.41) is 5.50. The Balaban J connectivity index is 1.52. The molecular formula is C22H25ClN4O5S. The van der Waals surface area contributed by atoms with Gasteiger partial charge in [0.05, 0.1) is 34.4 Å². The number of nitrogens with one attached hydrogen (secondary N) is 2. The van der Waals surface area contributed by atoms with Crippen LogP contribution in [0.4, 0.5) is 11.4 Å². The molecule has 2 aliphatic rings. The summed E-state index contributed by atoms with van der Waals surface area (Å²) in [6.07, 6.45) is 0.887. The summed E-state index contributed by atoms with van der Waals surface area (Å²) in [4.78, 5) is 26.9. The first-order valence-electron chi connectivity index (χ1n) is 10.6. The summed E-state index contributed by atoms with van der Waals surface area (Å²) >= 11 is 6.25. The number of ether oxygens (including phenoxy) is 1.